The number of ether oxygens (including phenoxy) is 2. The Balaban J connectivity index is 1.49. The van der Waals surface area contributed by atoms with Crippen molar-refractivity contribution in [3.8, 4) is 33.8 Å². The molecule has 10 heteroatoms. The fourth-order valence-electron chi connectivity index (χ4n) is 5.56. The molecule has 0 atom stereocenters. The van der Waals surface area contributed by atoms with Gasteiger partial charge in [0, 0.05) is 12.5 Å². The lowest BCUT2D eigenvalue weighted by Crippen LogP contribution is -2.10. The van der Waals surface area contributed by atoms with E-state index in [1.54, 1.807) is 60.7 Å². The maximum atomic E-state index is 11.9. The highest BCUT2D eigenvalue weighted by atomic mass is 32.2. The van der Waals surface area contributed by atoms with Gasteiger partial charge in [-0.15, -0.1) is 0 Å². The van der Waals surface area contributed by atoms with Crippen LogP contribution in [0.1, 0.15) is 30.0 Å². The van der Waals surface area contributed by atoms with Crippen molar-refractivity contribution < 1.29 is 36.2 Å². The highest BCUT2D eigenvalue weighted by Gasteiger charge is 2.15. The number of carbonyl (C=O) groups is 1. The number of hydrogen-bond donors (Lipinski definition) is 1. The number of carboxylic acid groups (broad SMARTS) is 1. The summed E-state index contributed by atoms with van der Waals surface area (Å²) in [5.74, 6) is 0.0470. The predicted octanol–water partition coefficient (Wildman–Crippen LogP) is 7.89. The van der Waals surface area contributed by atoms with Crippen LogP contribution in [0.2, 0.25) is 0 Å². The van der Waals surface area contributed by atoms with Gasteiger partial charge in [-0.3, -0.25) is 0 Å². The van der Waals surface area contributed by atoms with Crippen molar-refractivity contribution >= 4 is 31.2 Å². The van der Waals surface area contributed by atoms with Crippen LogP contribution in [0.4, 0.5) is 0 Å². The summed E-state index contributed by atoms with van der Waals surface area (Å²) in [7, 11) is -6.60. The van der Waals surface area contributed by atoms with Crippen LogP contribution < -0.4 is 9.47 Å². The minimum Gasteiger partial charge on any atom is -0.489 e. The number of rotatable bonds is 13. The van der Waals surface area contributed by atoms with E-state index in [9.17, 15) is 21.6 Å². The van der Waals surface area contributed by atoms with E-state index in [2.05, 4.69) is 6.92 Å². The van der Waals surface area contributed by atoms with E-state index in [4.69, 9.17) is 14.6 Å². The van der Waals surface area contributed by atoms with E-state index in [0.717, 1.165) is 50.1 Å². The molecule has 50 heavy (non-hydrogen) atoms. The number of sulfone groups is 2. The number of benzene rings is 5. The first-order valence-electron chi connectivity index (χ1n) is 15.8. The third-order valence-corrected chi connectivity index (χ3v) is 10.5. The van der Waals surface area contributed by atoms with Gasteiger partial charge in [-0.1, -0.05) is 79.7 Å². The van der Waals surface area contributed by atoms with Crippen molar-refractivity contribution in [1.82, 2.24) is 0 Å². The van der Waals surface area contributed by atoms with Gasteiger partial charge in [-0.2, -0.15) is 0 Å². The van der Waals surface area contributed by atoms with Gasteiger partial charge < -0.3 is 14.6 Å². The molecule has 0 aliphatic heterocycles. The van der Waals surface area contributed by atoms with Gasteiger partial charge in [-0.25, -0.2) is 21.6 Å². The number of aliphatic carboxylic acids is 1. The van der Waals surface area contributed by atoms with Gasteiger partial charge in [0.1, 0.15) is 18.1 Å². The van der Waals surface area contributed by atoms with Crippen LogP contribution in [-0.4, -0.2) is 53.6 Å². The molecule has 0 radical (unpaired) electrons. The second-order valence-electron chi connectivity index (χ2n) is 12.0. The first-order valence-corrected chi connectivity index (χ1v) is 19.6. The monoisotopic (exact) mass is 710 g/mol. The SMILES string of the molecule is CCC(COc1ccc(OCC(=O)O)c(C)c1)=C(c1ccc(-c2ccc(S(C)(=O)=O)cc2)cc1)c1ccc(-c2ccc(S(C)(=O)=O)cc2)cc1. The molecule has 0 fully saturated rings. The Morgan fingerprint density at radius 3 is 1.38 bits per heavy atom. The minimum atomic E-state index is -3.30. The van der Waals surface area contributed by atoms with Gasteiger partial charge in [0.05, 0.1) is 9.79 Å². The summed E-state index contributed by atoms with van der Waals surface area (Å²) in [6, 6.07) is 35.1. The average Bonchev–Trinajstić information content (AvgIpc) is 3.09. The Morgan fingerprint density at radius 1 is 0.600 bits per heavy atom. The zero-order valence-corrected chi connectivity index (χ0v) is 29.8. The van der Waals surface area contributed by atoms with Gasteiger partial charge in [0.2, 0.25) is 0 Å². The Bertz CT molecular complexity index is 2120. The van der Waals surface area contributed by atoms with Crippen LogP contribution >= 0.6 is 0 Å². The molecule has 0 aromatic heterocycles. The van der Waals surface area contributed by atoms with Crippen LogP contribution in [0.3, 0.4) is 0 Å². The Morgan fingerprint density at radius 2 is 1.02 bits per heavy atom. The van der Waals surface area contributed by atoms with Crippen molar-refractivity contribution in [3.05, 3.63) is 138 Å². The lowest BCUT2D eigenvalue weighted by molar-refractivity contribution is -0.139. The number of hydrogen-bond acceptors (Lipinski definition) is 7. The third kappa shape index (κ3) is 8.88. The average molecular weight is 711 g/mol. The molecule has 5 aromatic carbocycles. The maximum Gasteiger partial charge on any atom is 0.341 e. The van der Waals surface area contributed by atoms with E-state index in [-0.39, 0.29) is 9.79 Å². The zero-order chi connectivity index (χ0) is 36.1. The quantitative estimate of drug-likeness (QED) is 0.131. The Hall–Kier alpha value is -5.19. The van der Waals surface area contributed by atoms with Crippen LogP contribution in [0.5, 0.6) is 11.5 Å². The zero-order valence-electron chi connectivity index (χ0n) is 28.2. The molecule has 1 N–H and O–H groups in total. The standard InChI is InChI=1S/C40H38O8S2/c1-5-28(25-47-35-18-23-38(27(2)24-35)48-26-39(41)42)40(33-10-6-29(7-11-33)31-14-19-36(20-15-31)49(3,43)44)34-12-8-30(9-13-34)32-16-21-37(22-17-32)50(4,45)46/h6-24H,5,25-26H2,1-4H3,(H,41,42). The molecule has 0 bridgehead atoms. The minimum absolute atomic E-state index is 0.267. The van der Waals surface area contributed by atoms with E-state index in [1.165, 1.54) is 12.5 Å². The molecule has 258 valence electrons. The van der Waals surface area contributed by atoms with Gasteiger partial charge >= 0.3 is 5.97 Å². The van der Waals surface area contributed by atoms with Crippen LogP contribution in [0.25, 0.3) is 27.8 Å². The summed E-state index contributed by atoms with van der Waals surface area (Å²) in [6.07, 6.45) is 3.07. The van der Waals surface area contributed by atoms with Crippen LogP contribution in [0.15, 0.2) is 131 Å². The summed E-state index contributed by atoms with van der Waals surface area (Å²) < 4.78 is 59.4. The smallest absolute Gasteiger partial charge is 0.341 e. The molecular weight excluding hydrogens is 673 g/mol. The van der Waals surface area contributed by atoms with Crippen molar-refractivity contribution in [2.45, 2.75) is 30.1 Å². The topological polar surface area (TPSA) is 124 Å². The largest absolute Gasteiger partial charge is 0.489 e. The summed E-state index contributed by atoms with van der Waals surface area (Å²) >= 11 is 0. The van der Waals surface area contributed by atoms with Crippen LogP contribution in [-0.2, 0) is 24.5 Å². The predicted molar refractivity (Wildman–Crippen MR) is 196 cm³/mol. The number of carboxylic acids is 1. The fraction of sp³-hybridized carbons (Fsp3) is 0.175. The summed E-state index contributed by atoms with van der Waals surface area (Å²) in [4.78, 5) is 11.5. The Labute approximate surface area is 293 Å². The van der Waals surface area contributed by atoms with Gasteiger partial charge in [0.15, 0.2) is 26.3 Å². The lowest BCUT2D eigenvalue weighted by atomic mass is 9.90. The summed E-state index contributed by atoms with van der Waals surface area (Å²) in [6.45, 7) is 3.77. The van der Waals surface area contributed by atoms with E-state index in [1.807, 2.05) is 61.5 Å². The van der Waals surface area contributed by atoms with Gasteiger partial charge in [-0.05, 0) is 106 Å². The number of aryl methyl sites for hydroxylation is 1. The van der Waals surface area contributed by atoms with Crippen molar-refractivity contribution in [2.24, 2.45) is 0 Å². The first-order chi connectivity index (χ1) is 23.7. The van der Waals surface area contributed by atoms with Crippen molar-refractivity contribution in [2.75, 3.05) is 25.7 Å². The molecule has 0 aliphatic carbocycles. The highest BCUT2D eigenvalue weighted by molar-refractivity contribution is 7.91. The van der Waals surface area contributed by atoms with Gasteiger partial charge in [0.25, 0.3) is 0 Å². The normalized spacial score (nSPS) is 11.5. The molecular formula is C40H38O8S2. The Kier molecular flexibility index (Phi) is 10.9. The van der Waals surface area contributed by atoms with E-state index < -0.39 is 32.3 Å². The molecule has 5 rings (SSSR count). The molecule has 0 saturated carbocycles. The molecule has 5 aromatic rings. The van der Waals surface area contributed by atoms with Crippen molar-refractivity contribution in [1.29, 1.82) is 0 Å². The fourth-order valence-corrected chi connectivity index (χ4v) is 6.82. The maximum absolute atomic E-state index is 11.9. The first kappa shape index (κ1) is 36.1. The second kappa shape index (κ2) is 15.1. The summed E-state index contributed by atoms with van der Waals surface area (Å²) in [5, 5.41) is 8.96. The highest BCUT2D eigenvalue weighted by Crippen LogP contribution is 2.33. The van der Waals surface area contributed by atoms with E-state index in [0.29, 0.717) is 24.5 Å². The van der Waals surface area contributed by atoms with Crippen molar-refractivity contribution in [3.63, 3.8) is 0 Å². The molecule has 0 spiro atoms. The molecule has 0 saturated heterocycles. The molecule has 0 amide bonds. The molecule has 0 unspecified atom stereocenters. The molecule has 0 heterocycles. The van der Waals surface area contributed by atoms with Crippen LogP contribution in [0, 0.1) is 6.92 Å². The summed E-state index contributed by atoms with van der Waals surface area (Å²) in [5.41, 5.74) is 8.42. The lowest BCUT2D eigenvalue weighted by Gasteiger charge is -2.18. The van der Waals surface area contributed by atoms with E-state index >= 15 is 0 Å². The molecule has 8 nitrogen and oxygen atoms in total. The second-order valence-corrected chi connectivity index (χ2v) is 16.0. The molecule has 0 aliphatic rings. The third-order valence-electron chi connectivity index (χ3n) is 8.27.